The minimum absolute atomic E-state index is 0. The molecule has 94 valence electrons. The summed E-state index contributed by atoms with van der Waals surface area (Å²) in [6.07, 6.45) is 0.976. The minimum Gasteiger partial charge on any atom is -0.454 e. The van der Waals surface area contributed by atoms with Crippen LogP contribution in [0.25, 0.3) is 0 Å². The van der Waals surface area contributed by atoms with Crippen molar-refractivity contribution >= 4 is 24.1 Å². The van der Waals surface area contributed by atoms with Gasteiger partial charge in [0.25, 0.3) is 0 Å². The Labute approximate surface area is 106 Å². The number of hydrogen-bond donors (Lipinski definition) is 2. The largest absolute Gasteiger partial charge is 0.454 e. The van der Waals surface area contributed by atoms with Gasteiger partial charge in [0.15, 0.2) is 17.5 Å². The first kappa shape index (κ1) is 13.4. The van der Waals surface area contributed by atoms with Crippen LogP contribution < -0.4 is 20.5 Å². The van der Waals surface area contributed by atoms with Crippen LogP contribution in [0.1, 0.15) is 13.3 Å². The number of benzene rings is 1. The number of rotatable bonds is 3. The number of hydrogen-bond acceptors (Lipinski definition) is 3. The Kier molecular flexibility index (Phi) is 4.90. The minimum atomic E-state index is 0. The molecule has 0 aliphatic carbocycles. The van der Waals surface area contributed by atoms with E-state index in [-0.39, 0.29) is 19.2 Å². The first-order valence-corrected chi connectivity index (χ1v) is 5.26. The van der Waals surface area contributed by atoms with Crippen molar-refractivity contribution in [3.8, 4) is 11.5 Å². The van der Waals surface area contributed by atoms with Gasteiger partial charge in [0.05, 0.1) is 0 Å². The van der Waals surface area contributed by atoms with Crippen LogP contribution in [0.2, 0.25) is 0 Å². The molecule has 1 aromatic rings. The van der Waals surface area contributed by atoms with Crippen LogP contribution in [0.4, 0.5) is 5.69 Å². The molecule has 2 rings (SSSR count). The van der Waals surface area contributed by atoms with Crippen LogP contribution in [-0.2, 0) is 0 Å². The van der Waals surface area contributed by atoms with Crippen molar-refractivity contribution in [2.24, 2.45) is 10.7 Å². The summed E-state index contributed by atoms with van der Waals surface area (Å²) in [4.78, 5) is 4.14. The molecule has 3 N–H and O–H groups in total. The fraction of sp³-hybridized carbons (Fsp3) is 0.364. The lowest BCUT2D eigenvalue weighted by Gasteiger charge is -2.06. The van der Waals surface area contributed by atoms with Crippen molar-refractivity contribution in [1.82, 2.24) is 0 Å². The van der Waals surface area contributed by atoms with E-state index in [4.69, 9.17) is 15.2 Å². The van der Waals surface area contributed by atoms with E-state index >= 15 is 0 Å². The summed E-state index contributed by atoms with van der Waals surface area (Å²) in [6.45, 7) is 3.05. The fourth-order valence-electron chi connectivity index (χ4n) is 1.39. The summed E-state index contributed by atoms with van der Waals surface area (Å²) < 4.78 is 10.5. The van der Waals surface area contributed by atoms with Gasteiger partial charge in [-0.25, -0.2) is 0 Å². The van der Waals surface area contributed by atoms with Gasteiger partial charge in [0.1, 0.15) is 0 Å². The molecular formula is C11H16ClN3O2. The zero-order valence-corrected chi connectivity index (χ0v) is 10.4. The maximum atomic E-state index is 5.70. The predicted octanol–water partition coefficient (Wildman–Crippen LogP) is 1.97. The van der Waals surface area contributed by atoms with Crippen molar-refractivity contribution in [1.29, 1.82) is 0 Å². The van der Waals surface area contributed by atoms with E-state index in [0.717, 1.165) is 30.2 Å². The molecule has 1 heterocycles. The highest BCUT2D eigenvalue weighted by atomic mass is 35.5. The maximum Gasteiger partial charge on any atom is 0.231 e. The topological polar surface area (TPSA) is 68.9 Å². The summed E-state index contributed by atoms with van der Waals surface area (Å²) in [6, 6.07) is 5.57. The number of guanidine groups is 1. The van der Waals surface area contributed by atoms with Gasteiger partial charge in [-0.3, -0.25) is 4.99 Å². The van der Waals surface area contributed by atoms with Crippen molar-refractivity contribution < 1.29 is 9.47 Å². The van der Waals surface area contributed by atoms with Crippen molar-refractivity contribution in [2.75, 3.05) is 18.7 Å². The van der Waals surface area contributed by atoms with Gasteiger partial charge in [-0.2, -0.15) is 0 Å². The van der Waals surface area contributed by atoms with Crippen LogP contribution in [0.5, 0.6) is 11.5 Å². The number of nitrogens with two attached hydrogens (primary N) is 1. The van der Waals surface area contributed by atoms with Gasteiger partial charge < -0.3 is 20.5 Å². The number of anilines is 1. The molecule has 0 atom stereocenters. The van der Waals surface area contributed by atoms with E-state index in [1.54, 1.807) is 0 Å². The van der Waals surface area contributed by atoms with Gasteiger partial charge >= 0.3 is 0 Å². The van der Waals surface area contributed by atoms with Crippen LogP contribution in [0, 0.1) is 0 Å². The number of nitrogens with zero attached hydrogens (tertiary/aromatic N) is 1. The highest BCUT2D eigenvalue weighted by Crippen LogP contribution is 2.34. The Balaban J connectivity index is 0.00000144. The summed E-state index contributed by atoms with van der Waals surface area (Å²) in [5, 5.41) is 3.00. The normalized spacial score (nSPS) is 13.1. The number of aliphatic imine (C=N–C) groups is 1. The average molecular weight is 258 g/mol. The average Bonchev–Trinajstić information content (AvgIpc) is 2.73. The lowest BCUT2D eigenvalue weighted by molar-refractivity contribution is 0.174. The smallest absolute Gasteiger partial charge is 0.231 e. The molecular weight excluding hydrogens is 242 g/mol. The molecule has 1 aliphatic heterocycles. The molecule has 0 saturated carbocycles. The lowest BCUT2D eigenvalue weighted by Crippen LogP contribution is -2.22. The summed E-state index contributed by atoms with van der Waals surface area (Å²) in [5.41, 5.74) is 6.55. The molecule has 0 saturated heterocycles. The van der Waals surface area contributed by atoms with Crippen LogP contribution in [0.15, 0.2) is 23.2 Å². The second kappa shape index (κ2) is 6.20. The van der Waals surface area contributed by atoms with E-state index in [1.165, 1.54) is 0 Å². The first-order chi connectivity index (χ1) is 7.79. The monoisotopic (exact) mass is 257 g/mol. The third-order valence-electron chi connectivity index (χ3n) is 2.15. The molecule has 17 heavy (non-hydrogen) atoms. The molecule has 0 spiro atoms. The highest BCUT2D eigenvalue weighted by Gasteiger charge is 2.13. The summed E-state index contributed by atoms with van der Waals surface area (Å²) in [7, 11) is 0. The third-order valence-corrected chi connectivity index (χ3v) is 2.15. The number of nitrogens with one attached hydrogen (secondary N) is 1. The fourth-order valence-corrected chi connectivity index (χ4v) is 1.39. The highest BCUT2D eigenvalue weighted by molar-refractivity contribution is 5.92. The molecule has 0 unspecified atom stereocenters. The van der Waals surface area contributed by atoms with Crippen LogP contribution in [0.3, 0.4) is 0 Å². The number of ether oxygens (including phenoxy) is 2. The quantitative estimate of drug-likeness (QED) is 0.642. The predicted molar refractivity (Wildman–Crippen MR) is 70.2 cm³/mol. The van der Waals surface area contributed by atoms with Crippen molar-refractivity contribution in [2.45, 2.75) is 13.3 Å². The van der Waals surface area contributed by atoms with Crippen LogP contribution >= 0.6 is 12.4 Å². The van der Waals surface area contributed by atoms with Gasteiger partial charge in [0, 0.05) is 18.3 Å². The Morgan fingerprint density at radius 1 is 1.41 bits per heavy atom. The zero-order chi connectivity index (χ0) is 11.4. The number of fused-ring (bicyclic) bond motifs is 1. The molecule has 0 radical (unpaired) electrons. The maximum absolute atomic E-state index is 5.70. The van der Waals surface area contributed by atoms with E-state index in [2.05, 4.69) is 17.2 Å². The van der Waals surface area contributed by atoms with Gasteiger partial charge in [-0.15, -0.1) is 12.4 Å². The number of halogens is 1. The molecule has 5 nitrogen and oxygen atoms in total. The molecule has 0 bridgehead atoms. The molecule has 0 aromatic heterocycles. The molecule has 0 fully saturated rings. The lowest BCUT2D eigenvalue weighted by atomic mass is 10.3. The van der Waals surface area contributed by atoms with Crippen molar-refractivity contribution in [3.05, 3.63) is 18.2 Å². The Bertz CT molecular complexity index is 410. The third kappa shape index (κ3) is 3.42. The van der Waals surface area contributed by atoms with Gasteiger partial charge in [-0.05, 0) is 18.6 Å². The van der Waals surface area contributed by atoms with E-state index < -0.39 is 0 Å². The Hall–Kier alpha value is -1.62. The Morgan fingerprint density at radius 2 is 2.18 bits per heavy atom. The first-order valence-electron chi connectivity index (χ1n) is 5.26. The molecule has 0 amide bonds. The zero-order valence-electron chi connectivity index (χ0n) is 9.60. The molecule has 6 heteroatoms. The van der Waals surface area contributed by atoms with Gasteiger partial charge in [0.2, 0.25) is 6.79 Å². The standard InChI is InChI=1S/C11H15N3O2.ClH/c1-2-5-13-11(12)14-8-3-4-9-10(6-8)16-7-15-9;/h3-4,6H,2,5,7H2,1H3,(H3,12,13,14);1H. The Morgan fingerprint density at radius 3 is 2.94 bits per heavy atom. The van der Waals surface area contributed by atoms with E-state index in [1.807, 2.05) is 18.2 Å². The molecule has 1 aromatic carbocycles. The van der Waals surface area contributed by atoms with E-state index in [0.29, 0.717) is 5.96 Å². The second-order valence-electron chi connectivity index (χ2n) is 3.46. The summed E-state index contributed by atoms with van der Waals surface area (Å²) >= 11 is 0. The van der Waals surface area contributed by atoms with Gasteiger partial charge in [-0.1, -0.05) is 6.92 Å². The molecule has 1 aliphatic rings. The SMILES string of the molecule is CCCN=C(N)Nc1ccc2c(c1)OCO2.Cl. The second-order valence-corrected chi connectivity index (χ2v) is 3.46. The van der Waals surface area contributed by atoms with Crippen LogP contribution in [-0.4, -0.2) is 19.3 Å². The van der Waals surface area contributed by atoms with Crippen molar-refractivity contribution in [3.63, 3.8) is 0 Å². The summed E-state index contributed by atoms with van der Waals surface area (Å²) in [5.74, 6) is 1.91. The van der Waals surface area contributed by atoms with E-state index in [9.17, 15) is 0 Å².